The van der Waals surface area contributed by atoms with Crippen LogP contribution < -0.4 is 10.1 Å². The monoisotopic (exact) mass is 259 g/mol. The van der Waals surface area contributed by atoms with Gasteiger partial charge in [-0.05, 0) is 36.6 Å². The Morgan fingerprint density at radius 3 is 2.79 bits per heavy atom. The van der Waals surface area contributed by atoms with Crippen LogP contribution in [0.4, 0.5) is 11.6 Å². The molecule has 0 unspecified atom stereocenters. The van der Waals surface area contributed by atoms with Crippen molar-refractivity contribution in [3.8, 4) is 5.75 Å². The van der Waals surface area contributed by atoms with Gasteiger partial charge in [0.05, 0.1) is 7.11 Å². The fourth-order valence-corrected chi connectivity index (χ4v) is 2.00. The molecule has 0 aliphatic carbocycles. The zero-order valence-corrected chi connectivity index (χ0v) is 12.0. The topological polar surface area (TPSA) is 39.1 Å². The maximum absolute atomic E-state index is 5.21. The molecule has 2 aromatic rings. The van der Waals surface area contributed by atoms with Crippen molar-refractivity contribution >= 4 is 11.6 Å². The predicted molar refractivity (Wildman–Crippen MR) is 78.1 cm³/mol. The minimum Gasteiger partial charge on any atom is -0.497 e. The van der Waals surface area contributed by atoms with E-state index in [4.69, 9.17) is 4.74 Å². The van der Waals surface area contributed by atoms with Crippen LogP contribution in [-0.4, -0.2) is 16.7 Å². The van der Waals surface area contributed by atoms with E-state index in [1.54, 1.807) is 7.11 Å². The van der Waals surface area contributed by atoms with Crippen molar-refractivity contribution in [1.29, 1.82) is 0 Å². The second kappa shape index (κ2) is 5.78. The number of hydrogen-bond donors (Lipinski definition) is 1. The smallest absolute Gasteiger partial charge is 0.207 e. The molecule has 0 atom stereocenters. The first-order valence-electron chi connectivity index (χ1n) is 6.53. The summed E-state index contributed by atoms with van der Waals surface area (Å²) in [6, 6.07) is 5.98. The molecule has 0 aliphatic rings. The Morgan fingerprint density at radius 2 is 2.16 bits per heavy atom. The highest BCUT2D eigenvalue weighted by Gasteiger charge is 2.07. The molecule has 4 nitrogen and oxygen atoms in total. The van der Waals surface area contributed by atoms with Crippen molar-refractivity contribution in [2.75, 3.05) is 12.4 Å². The average molecular weight is 259 g/mol. The lowest BCUT2D eigenvalue weighted by Crippen LogP contribution is -2.08. The SMILES string of the molecule is COc1ccc(Nc2nccn2CC(C)C)c(C)c1. The van der Waals surface area contributed by atoms with Crippen molar-refractivity contribution in [2.24, 2.45) is 5.92 Å². The lowest BCUT2D eigenvalue weighted by molar-refractivity contribution is 0.414. The highest BCUT2D eigenvalue weighted by Crippen LogP contribution is 2.24. The van der Waals surface area contributed by atoms with Crippen molar-refractivity contribution < 1.29 is 4.74 Å². The number of aryl methyl sites for hydroxylation is 1. The number of rotatable bonds is 5. The molecule has 0 aliphatic heterocycles. The summed E-state index contributed by atoms with van der Waals surface area (Å²) in [6.45, 7) is 7.41. The molecule has 2 rings (SSSR count). The van der Waals surface area contributed by atoms with Crippen LogP contribution in [0.3, 0.4) is 0 Å². The Labute approximate surface area is 114 Å². The van der Waals surface area contributed by atoms with Crippen LogP contribution in [0, 0.1) is 12.8 Å². The molecule has 1 N–H and O–H groups in total. The largest absolute Gasteiger partial charge is 0.497 e. The molecule has 0 bridgehead atoms. The summed E-state index contributed by atoms with van der Waals surface area (Å²) in [6.07, 6.45) is 3.82. The lowest BCUT2D eigenvalue weighted by atomic mass is 10.2. The third kappa shape index (κ3) is 3.28. The second-order valence-electron chi connectivity index (χ2n) is 5.10. The summed E-state index contributed by atoms with van der Waals surface area (Å²) in [4.78, 5) is 4.37. The second-order valence-corrected chi connectivity index (χ2v) is 5.10. The van der Waals surface area contributed by atoms with Crippen molar-refractivity contribution in [3.05, 3.63) is 36.2 Å². The van der Waals surface area contributed by atoms with Crippen LogP contribution in [0.1, 0.15) is 19.4 Å². The summed E-state index contributed by atoms with van der Waals surface area (Å²) in [5, 5.41) is 3.37. The van der Waals surface area contributed by atoms with Crippen molar-refractivity contribution in [2.45, 2.75) is 27.3 Å². The van der Waals surface area contributed by atoms with Gasteiger partial charge in [-0.1, -0.05) is 13.8 Å². The zero-order chi connectivity index (χ0) is 13.8. The average Bonchev–Trinajstić information content (AvgIpc) is 2.78. The van der Waals surface area contributed by atoms with Crippen LogP contribution >= 0.6 is 0 Å². The number of benzene rings is 1. The Bertz CT molecular complexity index is 546. The van der Waals surface area contributed by atoms with Gasteiger partial charge in [-0.25, -0.2) is 4.98 Å². The molecule has 0 saturated carbocycles. The maximum atomic E-state index is 5.21. The number of anilines is 2. The number of ether oxygens (including phenoxy) is 1. The van der Waals surface area contributed by atoms with Gasteiger partial charge < -0.3 is 14.6 Å². The molecule has 1 aromatic carbocycles. The minimum absolute atomic E-state index is 0.590. The number of methoxy groups -OCH3 is 1. The first-order chi connectivity index (χ1) is 9.10. The van der Waals surface area contributed by atoms with Gasteiger partial charge in [0.1, 0.15) is 5.75 Å². The molecule has 1 heterocycles. The third-order valence-corrected chi connectivity index (χ3v) is 2.96. The molecule has 1 aromatic heterocycles. The van der Waals surface area contributed by atoms with E-state index in [-0.39, 0.29) is 0 Å². The van der Waals surface area contributed by atoms with Gasteiger partial charge in [-0.2, -0.15) is 0 Å². The number of nitrogens with one attached hydrogen (secondary N) is 1. The number of nitrogens with zero attached hydrogens (tertiary/aromatic N) is 2. The maximum Gasteiger partial charge on any atom is 0.207 e. The van der Waals surface area contributed by atoms with Gasteiger partial charge >= 0.3 is 0 Å². The first-order valence-corrected chi connectivity index (χ1v) is 6.53. The molecular formula is C15H21N3O. The van der Waals surface area contributed by atoms with E-state index in [1.165, 1.54) is 0 Å². The van der Waals surface area contributed by atoms with Gasteiger partial charge in [-0.3, -0.25) is 0 Å². The molecule has 0 fully saturated rings. The highest BCUT2D eigenvalue weighted by molar-refractivity contribution is 5.60. The van der Waals surface area contributed by atoms with Crippen LogP contribution in [0.5, 0.6) is 5.75 Å². The summed E-state index contributed by atoms with van der Waals surface area (Å²) in [5.41, 5.74) is 2.19. The standard InChI is InChI=1S/C15H21N3O/c1-11(2)10-18-8-7-16-15(18)17-14-6-5-13(19-4)9-12(14)3/h5-9,11H,10H2,1-4H3,(H,16,17). The van der Waals surface area contributed by atoms with E-state index in [0.29, 0.717) is 5.92 Å². The Hall–Kier alpha value is -1.97. The van der Waals surface area contributed by atoms with Crippen LogP contribution in [-0.2, 0) is 6.54 Å². The fourth-order valence-electron chi connectivity index (χ4n) is 2.00. The molecule has 0 saturated heterocycles. The Kier molecular flexibility index (Phi) is 4.10. The number of imidazole rings is 1. The van der Waals surface area contributed by atoms with Crippen LogP contribution in [0.15, 0.2) is 30.6 Å². The van der Waals surface area contributed by atoms with E-state index in [1.807, 2.05) is 30.6 Å². The number of hydrogen-bond acceptors (Lipinski definition) is 3. The summed E-state index contributed by atoms with van der Waals surface area (Å²) >= 11 is 0. The number of aromatic nitrogens is 2. The molecule has 0 amide bonds. The van der Waals surface area contributed by atoms with E-state index in [2.05, 4.69) is 35.6 Å². The summed E-state index contributed by atoms with van der Waals surface area (Å²) in [7, 11) is 1.68. The quantitative estimate of drug-likeness (QED) is 0.891. The van der Waals surface area contributed by atoms with Crippen LogP contribution in [0.2, 0.25) is 0 Å². The summed E-state index contributed by atoms with van der Waals surface area (Å²) < 4.78 is 7.35. The van der Waals surface area contributed by atoms with Crippen LogP contribution in [0.25, 0.3) is 0 Å². The van der Waals surface area contributed by atoms with E-state index in [9.17, 15) is 0 Å². The summed E-state index contributed by atoms with van der Waals surface area (Å²) in [5.74, 6) is 2.34. The lowest BCUT2D eigenvalue weighted by Gasteiger charge is -2.13. The van der Waals surface area contributed by atoms with Gasteiger partial charge in [0.2, 0.25) is 5.95 Å². The molecule has 4 heteroatoms. The van der Waals surface area contributed by atoms with Gasteiger partial charge in [0.25, 0.3) is 0 Å². The van der Waals surface area contributed by atoms with Crippen molar-refractivity contribution in [3.63, 3.8) is 0 Å². The Morgan fingerprint density at radius 1 is 1.37 bits per heavy atom. The predicted octanol–water partition coefficient (Wildman–Crippen LogP) is 3.60. The molecule has 0 spiro atoms. The first kappa shape index (κ1) is 13.5. The Balaban J connectivity index is 2.19. The zero-order valence-electron chi connectivity index (χ0n) is 12.0. The molecule has 19 heavy (non-hydrogen) atoms. The third-order valence-electron chi connectivity index (χ3n) is 2.96. The van der Waals surface area contributed by atoms with Gasteiger partial charge in [-0.15, -0.1) is 0 Å². The van der Waals surface area contributed by atoms with E-state index in [0.717, 1.165) is 29.5 Å². The van der Waals surface area contributed by atoms with Gasteiger partial charge in [0, 0.05) is 24.6 Å². The fraction of sp³-hybridized carbons (Fsp3) is 0.400. The van der Waals surface area contributed by atoms with Crippen molar-refractivity contribution in [1.82, 2.24) is 9.55 Å². The van der Waals surface area contributed by atoms with E-state index < -0.39 is 0 Å². The van der Waals surface area contributed by atoms with E-state index >= 15 is 0 Å². The highest BCUT2D eigenvalue weighted by atomic mass is 16.5. The molecule has 102 valence electrons. The minimum atomic E-state index is 0.590. The van der Waals surface area contributed by atoms with Gasteiger partial charge in [0.15, 0.2) is 0 Å². The normalized spacial score (nSPS) is 10.8. The molecule has 0 radical (unpaired) electrons. The molecular weight excluding hydrogens is 238 g/mol.